The van der Waals surface area contributed by atoms with Crippen molar-refractivity contribution in [3.8, 4) is 0 Å². The van der Waals surface area contributed by atoms with E-state index in [0.29, 0.717) is 17.1 Å². The van der Waals surface area contributed by atoms with Crippen LogP contribution in [0.25, 0.3) is 0 Å². The quantitative estimate of drug-likeness (QED) is 0.770. The molecule has 1 atom stereocenters. The van der Waals surface area contributed by atoms with E-state index in [-0.39, 0.29) is 23.3 Å². The second-order valence-electron chi connectivity index (χ2n) is 5.81. The second kappa shape index (κ2) is 8.47. The SMILES string of the molecule is CCC(C)NS(=O)(=O)c1ccc(NC(=O)Cc2ccc(Cl)cc2)cc1. The van der Waals surface area contributed by atoms with Crippen molar-refractivity contribution in [2.75, 3.05) is 5.32 Å². The van der Waals surface area contributed by atoms with Gasteiger partial charge in [0.2, 0.25) is 15.9 Å². The van der Waals surface area contributed by atoms with Crippen molar-refractivity contribution in [3.63, 3.8) is 0 Å². The summed E-state index contributed by atoms with van der Waals surface area (Å²) in [6.07, 6.45) is 0.921. The van der Waals surface area contributed by atoms with Crippen LogP contribution in [0.5, 0.6) is 0 Å². The molecule has 0 aliphatic rings. The van der Waals surface area contributed by atoms with Gasteiger partial charge in [0.1, 0.15) is 0 Å². The van der Waals surface area contributed by atoms with Crippen LogP contribution in [0.3, 0.4) is 0 Å². The number of carbonyl (C=O) groups is 1. The third-order valence-electron chi connectivity index (χ3n) is 3.70. The van der Waals surface area contributed by atoms with Crippen molar-refractivity contribution < 1.29 is 13.2 Å². The maximum atomic E-state index is 12.2. The summed E-state index contributed by atoms with van der Waals surface area (Å²) in [5.74, 6) is -0.185. The van der Waals surface area contributed by atoms with E-state index in [1.807, 2.05) is 13.8 Å². The van der Waals surface area contributed by atoms with Crippen LogP contribution in [-0.2, 0) is 21.2 Å². The van der Waals surface area contributed by atoms with Crippen LogP contribution in [0.1, 0.15) is 25.8 Å². The summed E-state index contributed by atoms with van der Waals surface area (Å²) in [6, 6.07) is 13.0. The zero-order chi connectivity index (χ0) is 18.4. The Morgan fingerprint density at radius 1 is 1.08 bits per heavy atom. The zero-order valence-corrected chi connectivity index (χ0v) is 15.7. The van der Waals surface area contributed by atoms with Gasteiger partial charge in [-0.2, -0.15) is 0 Å². The Labute approximate surface area is 153 Å². The number of nitrogens with one attached hydrogen (secondary N) is 2. The fourth-order valence-corrected chi connectivity index (χ4v) is 3.58. The fourth-order valence-electron chi connectivity index (χ4n) is 2.13. The summed E-state index contributed by atoms with van der Waals surface area (Å²) in [5, 5.41) is 3.37. The molecule has 0 aromatic heterocycles. The Morgan fingerprint density at radius 2 is 1.68 bits per heavy atom. The lowest BCUT2D eigenvalue weighted by Crippen LogP contribution is -2.31. The number of amides is 1. The highest BCUT2D eigenvalue weighted by Gasteiger charge is 2.16. The molecule has 7 heteroatoms. The van der Waals surface area contributed by atoms with Gasteiger partial charge in [-0.15, -0.1) is 0 Å². The molecule has 1 amide bonds. The highest BCUT2D eigenvalue weighted by atomic mass is 35.5. The number of halogens is 1. The molecule has 0 radical (unpaired) electrons. The van der Waals surface area contributed by atoms with Crippen molar-refractivity contribution in [2.24, 2.45) is 0 Å². The number of hydrogen-bond acceptors (Lipinski definition) is 3. The fraction of sp³-hybridized carbons (Fsp3) is 0.278. The minimum atomic E-state index is -3.54. The number of hydrogen-bond donors (Lipinski definition) is 2. The number of rotatable bonds is 7. The van der Waals surface area contributed by atoms with Crippen molar-refractivity contribution >= 4 is 33.2 Å². The zero-order valence-electron chi connectivity index (χ0n) is 14.1. The number of anilines is 1. The first kappa shape index (κ1) is 19.4. The molecule has 2 aromatic carbocycles. The van der Waals surface area contributed by atoms with Gasteiger partial charge < -0.3 is 5.32 Å². The van der Waals surface area contributed by atoms with Crippen LogP contribution in [0, 0.1) is 0 Å². The lowest BCUT2D eigenvalue weighted by molar-refractivity contribution is -0.115. The predicted molar refractivity (Wildman–Crippen MR) is 100 cm³/mol. The molecule has 25 heavy (non-hydrogen) atoms. The predicted octanol–water partition coefficient (Wildman–Crippen LogP) is 3.60. The third-order valence-corrected chi connectivity index (χ3v) is 5.55. The Hall–Kier alpha value is -1.89. The first-order valence-electron chi connectivity index (χ1n) is 7.97. The van der Waals surface area contributed by atoms with Gasteiger partial charge in [-0.3, -0.25) is 4.79 Å². The number of sulfonamides is 1. The van der Waals surface area contributed by atoms with Crippen LogP contribution in [0.4, 0.5) is 5.69 Å². The first-order chi connectivity index (χ1) is 11.8. The van der Waals surface area contributed by atoms with Crippen LogP contribution in [0.2, 0.25) is 5.02 Å². The van der Waals surface area contributed by atoms with Gasteiger partial charge in [0.15, 0.2) is 0 Å². The van der Waals surface area contributed by atoms with Crippen LogP contribution in [0.15, 0.2) is 53.4 Å². The van der Waals surface area contributed by atoms with E-state index in [2.05, 4.69) is 10.0 Å². The Morgan fingerprint density at radius 3 is 2.24 bits per heavy atom. The summed E-state index contributed by atoms with van der Waals surface area (Å²) in [5.41, 5.74) is 1.39. The van der Waals surface area contributed by atoms with Crippen LogP contribution < -0.4 is 10.0 Å². The maximum absolute atomic E-state index is 12.2. The molecule has 2 N–H and O–H groups in total. The van der Waals surface area contributed by atoms with E-state index in [0.717, 1.165) is 5.56 Å². The van der Waals surface area contributed by atoms with Gasteiger partial charge >= 0.3 is 0 Å². The topological polar surface area (TPSA) is 75.3 Å². The summed E-state index contributed by atoms with van der Waals surface area (Å²) in [4.78, 5) is 12.2. The summed E-state index contributed by atoms with van der Waals surface area (Å²) in [7, 11) is -3.54. The van der Waals surface area contributed by atoms with E-state index < -0.39 is 10.0 Å². The molecule has 2 aromatic rings. The van der Waals surface area contributed by atoms with Gasteiger partial charge in [-0.25, -0.2) is 13.1 Å². The van der Waals surface area contributed by atoms with Crippen LogP contribution in [-0.4, -0.2) is 20.4 Å². The van der Waals surface area contributed by atoms with E-state index in [4.69, 9.17) is 11.6 Å². The summed E-state index contributed by atoms with van der Waals surface area (Å²) >= 11 is 5.82. The molecule has 0 spiro atoms. The summed E-state index contributed by atoms with van der Waals surface area (Å²) in [6.45, 7) is 3.72. The molecule has 0 aliphatic carbocycles. The third kappa shape index (κ3) is 5.85. The van der Waals surface area contributed by atoms with Crippen molar-refractivity contribution in [2.45, 2.75) is 37.6 Å². The number of benzene rings is 2. The van der Waals surface area contributed by atoms with Gasteiger partial charge in [-0.1, -0.05) is 30.7 Å². The van der Waals surface area contributed by atoms with E-state index in [9.17, 15) is 13.2 Å². The highest BCUT2D eigenvalue weighted by Crippen LogP contribution is 2.16. The van der Waals surface area contributed by atoms with E-state index >= 15 is 0 Å². The Bertz CT molecular complexity index is 818. The van der Waals surface area contributed by atoms with E-state index in [1.54, 1.807) is 36.4 Å². The smallest absolute Gasteiger partial charge is 0.240 e. The van der Waals surface area contributed by atoms with Crippen molar-refractivity contribution in [1.82, 2.24) is 4.72 Å². The molecular weight excluding hydrogens is 360 g/mol. The molecule has 0 heterocycles. The monoisotopic (exact) mass is 380 g/mol. The van der Waals surface area contributed by atoms with Crippen LogP contribution >= 0.6 is 11.6 Å². The van der Waals surface area contributed by atoms with E-state index in [1.165, 1.54) is 12.1 Å². The average Bonchev–Trinajstić information content (AvgIpc) is 2.57. The molecule has 0 bridgehead atoms. The van der Waals surface area contributed by atoms with Crippen molar-refractivity contribution in [3.05, 3.63) is 59.1 Å². The average molecular weight is 381 g/mol. The number of carbonyl (C=O) groups excluding carboxylic acids is 1. The molecular formula is C18H21ClN2O3S. The molecule has 0 saturated heterocycles. The van der Waals surface area contributed by atoms with Gasteiger partial charge in [0.25, 0.3) is 0 Å². The molecule has 1 unspecified atom stereocenters. The Balaban J connectivity index is 2.00. The molecule has 5 nitrogen and oxygen atoms in total. The molecule has 134 valence electrons. The largest absolute Gasteiger partial charge is 0.326 e. The lowest BCUT2D eigenvalue weighted by atomic mass is 10.1. The lowest BCUT2D eigenvalue weighted by Gasteiger charge is -2.12. The first-order valence-corrected chi connectivity index (χ1v) is 9.83. The van der Waals surface area contributed by atoms with Gasteiger partial charge in [0.05, 0.1) is 11.3 Å². The minimum absolute atomic E-state index is 0.135. The molecule has 0 aliphatic heterocycles. The van der Waals surface area contributed by atoms with Crippen molar-refractivity contribution in [1.29, 1.82) is 0 Å². The second-order valence-corrected chi connectivity index (χ2v) is 7.96. The Kier molecular flexibility index (Phi) is 6.58. The molecule has 0 saturated carbocycles. The highest BCUT2D eigenvalue weighted by molar-refractivity contribution is 7.89. The van der Waals surface area contributed by atoms with Gasteiger partial charge in [-0.05, 0) is 55.3 Å². The maximum Gasteiger partial charge on any atom is 0.240 e. The minimum Gasteiger partial charge on any atom is -0.326 e. The normalized spacial score (nSPS) is 12.6. The molecule has 2 rings (SSSR count). The van der Waals surface area contributed by atoms with Gasteiger partial charge in [0, 0.05) is 16.8 Å². The summed E-state index contributed by atoms with van der Waals surface area (Å²) < 4.78 is 27.0. The molecule has 0 fully saturated rings. The standard InChI is InChI=1S/C18H21ClN2O3S/c1-3-13(2)21-25(23,24)17-10-8-16(9-11-17)20-18(22)12-14-4-6-15(19)7-5-14/h4-11,13,21H,3,12H2,1-2H3,(H,20,22).